The molecule has 1 saturated heterocycles. The van der Waals surface area contributed by atoms with E-state index in [1.807, 2.05) is 11.8 Å². The first-order valence-corrected chi connectivity index (χ1v) is 7.21. The number of piperidine rings is 1. The van der Waals surface area contributed by atoms with Gasteiger partial charge in [0.1, 0.15) is 5.75 Å². The number of hydrogen-bond donors (Lipinski definition) is 1. The monoisotopic (exact) mass is 276 g/mol. The molecular weight excluding hydrogens is 252 g/mol. The fourth-order valence-corrected chi connectivity index (χ4v) is 2.89. The number of aryl methyl sites for hydroxylation is 1. The fraction of sp³-hybridized carbons (Fsp3) is 0.562. The van der Waals surface area contributed by atoms with Crippen LogP contribution in [0.25, 0.3) is 0 Å². The summed E-state index contributed by atoms with van der Waals surface area (Å²) in [5.41, 5.74) is 1.54. The quantitative estimate of drug-likeness (QED) is 0.919. The Morgan fingerprint density at radius 3 is 2.55 bits per heavy atom. The van der Waals surface area contributed by atoms with Crippen LogP contribution in [0.2, 0.25) is 0 Å². The molecule has 1 aliphatic heterocycles. The number of phenolic OH excluding ortho intramolecular Hbond substituents is 1. The van der Waals surface area contributed by atoms with Gasteiger partial charge in [0.2, 0.25) is 0 Å². The van der Waals surface area contributed by atoms with Crippen molar-refractivity contribution in [3.05, 3.63) is 29.3 Å². The molecule has 0 atom stereocenters. The highest BCUT2D eigenvalue weighted by Gasteiger charge is 2.24. The zero-order valence-electron chi connectivity index (χ0n) is 12.6. The molecule has 1 aromatic rings. The molecule has 0 unspecified atom stereocenters. The van der Waals surface area contributed by atoms with Crippen molar-refractivity contribution < 1.29 is 9.90 Å². The van der Waals surface area contributed by atoms with Crippen molar-refractivity contribution >= 4 is 5.91 Å². The normalized spacial score (nSPS) is 16.7. The van der Waals surface area contributed by atoms with Gasteiger partial charge in [0.15, 0.2) is 0 Å². The second kappa shape index (κ2) is 6.27. The zero-order chi connectivity index (χ0) is 14.7. The molecule has 110 valence electrons. The number of rotatable bonds is 3. The lowest BCUT2D eigenvalue weighted by Crippen LogP contribution is -2.40. The summed E-state index contributed by atoms with van der Waals surface area (Å²) in [6.45, 7) is 4.63. The average molecular weight is 276 g/mol. The van der Waals surface area contributed by atoms with Crippen molar-refractivity contribution in [2.24, 2.45) is 5.92 Å². The van der Waals surface area contributed by atoms with E-state index in [0.717, 1.165) is 38.0 Å². The van der Waals surface area contributed by atoms with Crippen LogP contribution in [0, 0.1) is 12.8 Å². The summed E-state index contributed by atoms with van der Waals surface area (Å²) in [6.07, 6.45) is 2.14. The van der Waals surface area contributed by atoms with Gasteiger partial charge in [-0.15, -0.1) is 0 Å². The molecule has 1 heterocycles. The SMILES string of the molecule is Cc1cc(O)ccc1C(=O)N1CCC(CN(C)C)CC1. The highest BCUT2D eigenvalue weighted by Crippen LogP contribution is 2.22. The summed E-state index contributed by atoms with van der Waals surface area (Å²) in [4.78, 5) is 16.6. The van der Waals surface area contributed by atoms with E-state index in [1.54, 1.807) is 18.2 Å². The van der Waals surface area contributed by atoms with Crippen molar-refractivity contribution in [1.29, 1.82) is 0 Å². The van der Waals surface area contributed by atoms with Crippen LogP contribution in [-0.2, 0) is 0 Å². The molecule has 1 fully saturated rings. The summed E-state index contributed by atoms with van der Waals surface area (Å²) in [5.74, 6) is 0.990. The van der Waals surface area contributed by atoms with Crippen molar-refractivity contribution in [2.75, 3.05) is 33.7 Å². The fourth-order valence-electron chi connectivity index (χ4n) is 2.89. The van der Waals surface area contributed by atoms with Crippen LogP contribution in [0.15, 0.2) is 18.2 Å². The Bertz CT molecular complexity index is 477. The molecule has 1 aliphatic rings. The highest BCUT2D eigenvalue weighted by atomic mass is 16.3. The number of phenols is 1. The van der Waals surface area contributed by atoms with E-state index in [4.69, 9.17) is 0 Å². The molecule has 0 aliphatic carbocycles. The molecule has 2 rings (SSSR count). The standard InChI is InChI=1S/C16H24N2O2/c1-12-10-14(19)4-5-15(12)16(20)18-8-6-13(7-9-18)11-17(2)3/h4-5,10,13,19H,6-9,11H2,1-3H3. The van der Waals surface area contributed by atoms with Gasteiger partial charge in [-0.1, -0.05) is 0 Å². The maximum absolute atomic E-state index is 12.5. The summed E-state index contributed by atoms with van der Waals surface area (Å²) in [7, 11) is 4.19. The van der Waals surface area contributed by atoms with Crippen molar-refractivity contribution in [3.63, 3.8) is 0 Å². The summed E-state index contributed by atoms with van der Waals surface area (Å²) in [6, 6.07) is 4.95. The van der Waals surface area contributed by atoms with Gasteiger partial charge in [-0.25, -0.2) is 0 Å². The number of hydrogen-bond acceptors (Lipinski definition) is 3. The number of carbonyl (C=O) groups is 1. The van der Waals surface area contributed by atoms with Gasteiger partial charge in [0, 0.05) is 25.2 Å². The molecule has 0 bridgehead atoms. The van der Waals surface area contributed by atoms with Crippen molar-refractivity contribution in [3.8, 4) is 5.75 Å². The van der Waals surface area contributed by atoms with Crippen molar-refractivity contribution in [2.45, 2.75) is 19.8 Å². The summed E-state index contributed by atoms with van der Waals surface area (Å²) in [5, 5.41) is 9.42. The van der Waals surface area contributed by atoms with Crippen LogP contribution in [0.5, 0.6) is 5.75 Å². The molecule has 4 heteroatoms. The number of carbonyl (C=O) groups excluding carboxylic acids is 1. The maximum Gasteiger partial charge on any atom is 0.254 e. The Balaban J connectivity index is 1.98. The number of likely N-dealkylation sites (tertiary alicyclic amines) is 1. The highest BCUT2D eigenvalue weighted by molar-refractivity contribution is 5.95. The molecule has 1 aromatic carbocycles. The smallest absolute Gasteiger partial charge is 0.254 e. The van der Waals surface area contributed by atoms with E-state index in [-0.39, 0.29) is 11.7 Å². The van der Waals surface area contributed by atoms with Crippen LogP contribution in [0.4, 0.5) is 0 Å². The number of aromatic hydroxyl groups is 1. The predicted octanol–water partition coefficient (Wildman–Crippen LogP) is 2.11. The van der Waals surface area contributed by atoms with Crippen LogP contribution in [0.1, 0.15) is 28.8 Å². The molecule has 0 spiro atoms. The van der Waals surface area contributed by atoms with E-state index >= 15 is 0 Å². The van der Waals surface area contributed by atoms with Gasteiger partial charge >= 0.3 is 0 Å². The first-order valence-electron chi connectivity index (χ1n) is 7.21. The lowest BCUT2D eigenvalue weighted by molar-refractivity contribution is 0.0677. The zero-order valence-corrected chi connectivity index (χ0v) is 12.6. The average Bonchev–Trinajstić information content (AvgIpc) is 2.38. The van der Waals surface area contributed by atoms with Gasteiger partial charge in [0.25, 0.3) is 5.91 Å². The van der Waals surface area contributed by atoms with Gasteiger partial charge in [0.05, 0.1) is 0 Å². The summed E-state index contributed by atoms with van der Waals surface area (Å²) >= 11 is 0. The Morgan fingerprint density at radius 2 is 2.00 bits per heavy atom. The van der Waals surface area contributed by atoms with Gasteiger partial charge in [-0.05, 0) is 63.5 Å². The molecule has 0 radical (unpaired) electrons. The van der Waals surface area contributed by atoms with Gasteiger partial charge in [-0.2, -0.15) is 0 Å². The third kappa shape index (κ3) is 3.51. The van der Waals surface area contributed by atoms with Crippen LogP contribution >= 0.6 is 0 Å². The van der Waals surface area contributed by atoms with Gasteiger partial charge in [-0.3, -0.25) is 4.79 Å². The number of nitrogens with zero attached hydrogens (tertiary/aromatic N) is 2. The lowest BCUT2D eigenvalue weighted by atomic mass is 9.95. The second-order valence-electron chi connectivity index (χ2n) is 6.00. The minimum absolute atomic E-state index is 0.0887. The molecular formula is C16H24N2O2. The predicted molar refractivity (Wildman–Crippen MR) is 80.0 cm³/mol. The minimum Gasteiger partial charge on any atom is -0.508 e. The van der Waals surface area contributed by atoms with Crippen LogP contribution < -0.4 is 0 Å². The minimum atomic E-state index is 0.0887. The van der Waals surface area contributed by atoms with E-state index in [1.165, 1.54) is 0 Å². The largest absolute Gasteiger partial charge is 0.508 e. The number of amides is 1. The topological polar surface area (TPSA) is 43.8 Å². The van der Waals surface area contributed by atoms with Crippen LogP contribution in [0.3, 0.4) is 0 Å². The lowest BCUT2D eigenvalue weighted by Gasteiger charge is -2.33. The molecule has 4 nitrogen and oxygen atoms in total. The van der Waals surface area contributed by atoms with E-state index in [0.29, 0.717) is 11.5 Å². The van der Waals surface area contributed by atoms with E-state index in [2.05, 4.69) is 19.0 Å². The Kier molecular flexibility index (Phi) is 4.65. The van der Waals surface area contributed by atoms with Crippen molar-refractivity contribution in [1.82, 2.24) is 9.80 Å². The second-order valence-corrected chi connectivity index (χ2v) is 6.00. The van der Waals surface area contributed by atoms with E-state index < -0.39 is 0 Å². The molecule has 1 N–H and O–H groups in total. The third-order valence-corrected chi connectivity index (χ3v) is 3.97. The number of benzene rings is 1. The third-order valence-electron chi connectivity index (χ3n) is 3.97. The molecule has 1 amide bonds. The van der Waals surface area contributed by atoms with Gasteiger partial charge < -0.3 is 14.9 Å². The maximum atomic E-state index is 12.5. The summed E-state index contributed by atoms with van der Waals surface area (Å²) < 4.78 is 0. The Morgan fingerprint density at radius 1 is 1.35 bits per heavy atom. The molecule has 0 aromatic heterocycles. The first-order chi connectivity index (χ1) is 9.47. The molecule has 20 heavy (non-hydrogen) atoms. The van der Waals surface area contributed by atoms with E-state index in [9.17, 15) is 9.90 Å². The molecule has 0 saturated carbocycles. The van der Waals surface area contributed by atoms with Crippen LogP contribution in [-0.4, -0.2) is 54.5 Å². The Labute approximate surface area is 121 Å². The Hall–Kier alpha value is -1.55. The first kappa shape index (κ1) is 14.9.